The van der Waals surface area contributed by atoms with Gasteiger partial charge in [0.2, 0.25) is 0 Å². The molecule has 0 bridgehead atoms. The first-order valence-electron chi connectivity index (χ1n) is 8.53. The third kappa shape index (κ3) is 2.93. The molecular formula is C21H25N3O. The first-order valence-corrected chi connectivity index (χ1v) is 8.53. The van der Waals surface area contributed by atoms with Crippen molar-refractivity contribution < 1.29 is 5.11 Å². The summed E-state index contributed by atoms with van der Waals surface area (Å²) in [5.74, 6) is 0.233. The van der Waals surface area contributed by atoms with Gasteiger partial charge in [0.05, 0.1) is 0 Å². The minimum Gasteiger partial charge on any atom is -0.505 e. The Labute approximate surface area is 148 Å². The molecule has 0 fully saturated rings. The Balaban J connectivity index is 2.23. The van der Waals surface area contributed by atoms with E-state index in [9.17, 15) is 5.11 Å². The smallest absolute Gasteiger partial charge is 0.147 e. The summed E-state index contributed by atoms with van der Waals surface area (Å²) in [5, 5.41) is 20.1. The number of hydrogen-bond acceptors (Lipinski definition) is 3. The number of benzene rings is 2. The average Bonchev–Trinajstić information content (AvgIpc) is 2.99. The Morgan fingerprint density at radius 3 is 2.08 bits per heavy atom. The van der Waals surface area contributed by atoms with Crippen molar-refractivity contribution in [2.24, 2.45) is 0 Å². The fourth-order valence-electron chi connectivity index (χ4n) is 3.18. The molecule has 0 spiro atoms. The monoisotopic (exact) mass is 335 g/mol. The van der Waals surface area contributed by atoms with Gasteiger partial charge in [-0.1, -0.05) is 43.2 Å². The largest absolute Gasteiger partial charge is 0.505 e. The summed E-state index contributed by atoms with van der Waals surface area (Å²) >= 11 is 0. The molecule has 1 N–H and O–H groups in total. The van der Waals surface area contributed by atoms with Crippen molar-refractivity contribution in [2.75, 3.05) is 0 Å². The third-order valence-corrected chi connectivity index (χ3v) is 5.10. The molecular weight excluding hydrogens is 310 g/mol. The van der Waals surface area contributed by atoms with Crippen molar-refractivity contribution in [1.29, 1.82) is 0 Å². The maximum atomic E-state index is 11.0. The van der Waals surface area contributed by atoms with E-state index in [1.165, 1.54) is 15.9 Å². The normalized spacial score (nSPS) is 11.8. The predicted molar refractivity (Wildman–Crippen MR) is 102 cm³/mol. The number of allylic oxidation sites excluding steroid dienone is 2. The van der Waals surface area contributed by atoms with Crippen LogP contribution in [0.25, 0.3) is 16.7 Å². The molecule has 2 aromatic carbocycles. The number of aromatic hydroxyl groups is 1. The zero-order valence-electron chi connectivity index (χ0n) is 15.8. The number of aromatic nitrogens is 3. The Hall–Kier alpha value is -2.62. The van der Waals surface area contributed by atoms with E-state index < -0.39 is 0 Å². The number of hydrogen-bond donors (Lipinski definition) is 1. The van der Waals surface area contributed by atoms with Crippen LogP contribution in [0.4, 0.5) is 0 Å². The molecule has 1 aromatic heterocycles. The lowest BCUT2D eigenvalue weighted by molar-refractivity contribution is 0.444. The molecule has 130 valence electrons. The van der Waals surface area contributed by atoms with Crippen LogP contribution in [0.3, 0.4) is 0 Å². The molecule has 4 heteroatoms. The molecule has 0 amide bonds. The maximum Gasteiger partial charge on any atom is 0.147 e. The van der Waals surface area contributed by atoms with Gasteiger partial charge in [-0.25, -0.2) is 0 Å². The molecule has 0 saturated carbocycles. The lowest BCUT2D eigenvalue weighted by Gasteiger charge is -2.30. The molecule has 0 atom stereocenters. The average molecular weight is 335 g/mol. The van der Waals surface area contributed by atoms with E-state index >= 15 is 0 Å². The van der Waals surface area contributed by atoms with Crippen LogP contribution in [-0.4, -0.2) is 20.1 Å². The highest BCUT2D eigenvalue weighted by atomic mass is 16.3. The Bertz CT molecular complexity index is 943. The summed E-state index contributed by atoms with van der Waals surface area (Å²) in [6.45, 7) is 12.6. The highest BCUT2D eigenvalue weighted by molar-refractivity contribution is 5.73. The summed E-state index contributed by atoms with van der Waals surface area (Å²) in [6, 6.07) is 11.7. The van der Waals surface area contributed by atoms with Crippen LogP contribution in [0.15, 0.2) is 47.5 Å². The second-order valence-electron chi connectivity index (χ2n) is 7.41. The number of aryl methyl sites for hydroxylation is 1. The summed E-state index contributed by atoms with van der Waals surface area (Å²) in [7, 11) is 0. The van der Waals surface area contributed by atoms with Crippen LogP contribution in [0.2, 0.25) is 0 Å². The van der Waals surface area contributed by atoms with E-state index in [1.807, 2.05) is 37.3 Å². The highest BCUT2D eigenvalue weighted by Crippen LogP contribution is 2.41. The molecule has 4 nitrogen and oxygen atoms in total. The van der Waals surface area contributed by atoms with Crippen LogP contribution in [0, 0.1) is 6.92 Å². The summed E-state index contributed by atoms with van der Waals surface area (Å²) in [5.41, 5.74) is 6.42. The summed E-state index contributed by atoms with van der Waals surface area (Å²) in [6.07, 6.45) is 0. The van der Waals surface area contributed by atoms with E-state index in [1.54, 1.807) is 0 Å². The fraction of sp³-hybridized carbons (Fsp3) is 0.333. The standard InChI is InChI=1S/C21H25N3O/c1-13(2)15(4)21(5,6)16-11-14(3)12-19(20(16)25)24-22-17-9-7-8-10-18(17)23-24/h7-12,25H,1-6H3. The molecule has 1 heterocycles. The van der Waals surface area contributed by atoms with Crippen molar-refractivity contribution in [3.8, 4) is 11.4 Å². The van der Waals surface area contributed by atoms with Gasteiger partial charge in [-0.05, 0) is 51.5 Å². The van der Waals surface area contributed by atoms with Gasteiger partial charge in [0.25, 0.3) is 0 Å². The first-order chi connectivity index (χ1) is 11.7. The highest BCUT2D eigenvalue weighted by Gasteiger charge is 2.29. The van der Waals surface area contributed by atoms with E-state index in [0.29, 0.717) is 5.69 Å². The second-order valence-corrected chi connectivity index (χ2v) is 7.41. The van der Waals surface area contributed by atoms with Gasteiger partial charge in [0.1, 0.15) is 22.5 Å². The zero-order valence-corrected chi connectivity index (χ0v) is 15.8. The fourth-order valence-corrected chi connectivity index (χ4v) is 3.18. The van der Waals surface area contributed by atoms with Gasteiger partial charge < -0.3 is 5.11 Å². The Kier molecular flexibility index (Phi) is 4.15. The lowest BCUT2D eigenvalue weighted by Crippen LogP contribution is -2.21. The number of phenolic OH excluding ortho intramolecular Hbond substituents is 1. The molecule has 25 heavy (non-hydrogen) atoms. The van der Waals surface area contributed by atoms with Crippen molar-refractivity contribution in [2.45, 2.75) is 47.0 Å². The van der Waals surface area contributed by atoms with Crippen LogP contribution >= 0.6 is 0 Å². The topological polar surface area (TPSA) is 50.9 Å². The third-order valence-electron chi connectivity index (χ3n) is 5.10. The van der Waals surface area contributed by atoms with Gasteiger partial charge in [0, 0.05) is 11.0 Å². The van der Waals surface area contributed by atoms with E-state index in [4.69, 9.17) is 0 Å². The van der Waals surface area contributed by atoms with Crippen molar-refractivity contribution in [3.63, 3.8) is 0 Å². The number of nitrogens with zero attached hydrogens (tertiary/aromatic N) is 3. The van der Waals surface area contributed by atoms with Gasteiger partial charge >= 0.3 is 0 Å². The van der Waals surface area contributed by atoms with Crippen molar-refractivity contribution >= 4 is 11.0 Å². The molecule has 3 rings (SSSR count). The molecule has 0 radical (unpaired) electrons. The molecule has 3 aromatic rings. The maximum absolute atomic E-state index is 11.0. The number of phenols is 1. The SMILES string of the molecule is CC(C)=C(C)C(C)(C)c1cc(C)cc(-n2nc3ccccc3n2)c1O. The van der Waals surface area contributed by atoms with Gasteiger partial charge in [0.15, 0.2) is 0 Å². The molecule has 0 aliphatic heterocycles. The van der Waals surface area contributed by atoms with Gasteiger partial charge in [-0.15, -0.1) is 15.0 Å². The molecule has 0 aliphatic rings. The summed E-state index contributed by atoms with van der Waals surface area (Å²) in [4.78, 5) is 1.53. The van der Waals surface area contributed by atoms with Crippen LogP contribution in [-0.2, 0) is 5.41 Å². The second kappa shape index (κ2) is 6.03. The lowest BCUT2D eigenvalue weighted by atomic mass is 9.75. The van der Waals surface area contributed by atoms with Crippen LogP contribution < -0.4 is 0 Å². The minimum atomic E-state index is -0.281. The molecule has 0 unspecified atom stereocenters. The molecule has 0 aliphatic carbocycles. The van der Waals surface area contributed by atoms with E-state index in [-0.39, 0.29) is 11.2 Å². The van der Waals surface area contributed by atoms with E-state index in [0.717, 1.165) is 22.2 Å². The predicted octanol–water partition coefficient (Wildman–Crippen LogP) is 5.07. The van der Waals surface area contributed by atoms with Gasteiger partial charge in [-0.3, -0.25) is 0 Å². The molecule has 0 saturated heterocycles. The Morgan fingerprint density at radius 2 is 1.56 bits per heavy atom. The first kappa shape index (κ1) is 17.2. The van der Waals surface area contributed by atoms with Crippen molar-refractivity contribution in [1.82, 2.24) is 15.0 Å². The van der Waals surface area contributed by atoms with Crippen molar-refractivity contribution in [3.05, 3.63) is 58.7 Å². The van der Waals surface area contributed by atoms with Crippen LogP contribution in [0.5, 0.6) is 5.75 Å². The summed E-state index contributed by atoms with van der Waals surface area (Å²) < 4.78 is 0. The van der Waals surface area contributed by atoms with Crippen LogP contribution in [0.1, 0.15) is 45.7 Å². The minimum absolute atomic E-state index is 0.233. The quantitative estimate of drug-likeness (QED) is 0.680. The Morgan fingerprint density at radius 1 is 1.00 bits per heavy atom. The van der Waals surface area contributed by atoms with Gasteiger partial charge in [-0.2, -0.15) is 0 Å². The number of rotatable bonds is 3. The van der Waals surface area contributed by atoms with E-state index in [2.05, 4.69) is 50.9 Å². The zero-order chi connectivity index (χ0) is 18.4. The number of fused-ring (bicyclic) bond motifs is 1.